The quantitative estimate of drug-likeness (QED) is 0.827. The zero-order valence-corrected chi connectivity index (χ0v) is 16.2. The lowest BCUT2D eigenvalue weighted by atomic mass is 10.2. The zero-order valence-electron chi connectivity index (χ0n) is 14.4. The molecule has 2 N–H and O–H groups in total. The second-order valence-corrected chi connectivity index (χ2v) is 13.9. The van der Waals surface area contributed by atoms with Crippen LogP contribution < -0.4 is 5.14 Å². The molecule has 0 aromatic carbocycles. The molecule has 1 heterocycles. The Hall–Kier alpha value is -0.833. The normalized spacial score (nSPS) is 16.4. The van der Waals surface area contributed by atoms with Gasteiger partial charge in [-0.3, -0.25) is 9.97 Å². The molecular weight excluding hydrogens is 318 g/mol. The van der Waals surface area contributed by atoms with E-state index >= 15 is 0 Å². The summed E-state index contributed by atoms with van der Waals surface area (Å²) in [5.41, 5.74) is 1.26. The summed E-state index contributed by atoms with van der Waals surface area (Å²) in [6.07, 6.45) is 2.45. The van der Waals surface area contributed by atoms with Gasteiger partial charge in [-0.1, -0.05) is 20.8 Å². The molecule has 126 valence electrons. The number of sulfonamides is 1. The molecular formula is C14H27N3O3SSi. The highest BCUT2D eigenvalue weighted by atomic mass is 32.2. The number of aromatic nitrogens is 2. The third-order valence-corrected chi connectivity index (χ3v) is 10.0. The SMILES string of the molecule is Cc1cnc([C@H](O[Si](C)(C)C(C)(C)C)[C@@H](C)S(N)(=O)=O)cn1. The van der Waals surface area contributed by atoms with Gasteiger partial charge in [0.25, 0.3) is 0 Å². The molecule has 0 bridgehead atoms. The summed E-state index contributed by atoms with van der Waals surface area (Å²) in [6, 6.07) is 0. The van der Waals surface area contributed by atoms with Crippen LogP contribution in [0, 0.1) is 6.92 Å². The number of nitrogens with two attached hydrogens (primary N) is 1. The molecule has 0 saturated heterocycles. The lowest BCUT2D eigenvalue weighted by Gasteiger charge is -2.40. The van der Waals surface area contributed by atoms with Gasteiger partial charge in [-0.2, -0.15) is 0 Å². The lowest BCUT2D eigenvalue weighted by molar-refractivity contribution is 0.176. The maximum absolute atomic E-state index is 11.8. The van der Waals surface area contributed by atoms with Crippen molar-refractivity contribution in [1.29, 1.82) is 0 Å². The van der Waals surface area contributed by atoms with Gasteiger partial charge < -0.3 is 4.43 Å². The summed E-state index contributed by atoms with van der Waals surface area (Å²) in [5.74, 6) is 0. The molecule has 22 heavy (non-hydrogen) atoms. The minimum atomic E-state index is -3.75. The Morgan fingerprint density at radius 2 is 1.77 bits per heavy atom. The van der Waals surface area contributed by atoms with Crippen LogP contribution in [0.2, 0.25) is 18.1 Å². The average molecular weight is 346 g/mol. The molecule has 8 heteroatoms. The van der Waals surface area contributed by atoms with E-state index in [4.69, 9.17) is 9.56 Å². The number of aryl methyl sites for hydroxylation is 1. The Morgan fingerprint density at radius 3 is 2.14 bits per heavy atom. The predicted molar refractivity (Wildman–Crippen MR) is 90.4 cm³/mol. The van der Waals surface area contributed by atoms with Crippen molar-refractivity contribution in [2.75, 3.05) is 0 Å². The van der Waals surface area contributed by atoms with Crippen LogP contribution in [0.4, 0.5) is 0 Å². The second kappa shape index (κ2) is 6.35. The van der Waals surface area contributed by atoms with E-state index in [0.717, 1.165) is 5.69 Å². The first-order valence-electron chi connectivity index (χ1n) is 7.23. The van der Waals surface area contributed by atoms with Gasteiger partial charge in [0.05, 0.1) is 17.6 Å². The maximum atomic E-state index is 11.8. The first-order valence-corrected chi connectivity index (χ1v) is 11.8. The molecule has 0 aliphatic rings. The number of hydrogen-bond donors (Lipinski definition) is 1. The molecule has 0 spiro atoms. The monoisotopic (exact) mass is 345 g/mol. The van der Waals surface area contributed by atoms with Crippen molar-refractivity contribution >= 4 is 18.3 Å². The molecule has 1 aromatic heterocycles. The van der Waals surface area contributed by atoms with E-state index in [1.54, 1.807) is 19.3 Å². The molecule has 1 aromatic rings. The molecule has 0 aliphatic heterocycles. The molecule has 0 saturated carbocycles. The zero-order chi connectivity index (χ0) is 17.3. The number of primary sulfonamides is 1. The van der Waals surface area contributed by atoms with Crippen molar-refractivity contribution in [3.8, 4) is 0 Å². The van der Waals surface area contributed by atoms with Crippen LogP contribution in [0.5, 0.6) is 0 Å². The molecule has 0 aliphatic carbocycles. The van der Waals surface area contributed by atoms with Gasteiger partial charge >= 0.3 is 0 Å². The van der Waals surface area contributed by atoms with Crippen LogP contribution in [-0.2, 0) is 14.4 Å². The van der Waals surface area contributed by atoms with Crippen LogP contribution in [0.3, 0.4) is 0 Å². The fraction of sp³-hybridized carbons (Fsp3) is 0.714. The van der Waals surface area contributed by atoms with Gasteiger partial charge in [0, 0.05) is 6.20 Å². The van der Waals surface area contributed by atoms with Crippen LogP contribution in [0.15, 0.2) is 12.4 Å². The van der Waals surface area contributed by atoms with Crippen molar-refractivity contribution < 1.29 is 12.8 Å². The van der Waals surface area contributed by atoms with E-state index in [1.165, 1.54) is 0 Å². The minimum Gasteiger partial charge on any atom is -0.407 e. The highest BCUT2D eigenvalue weighted by Crippen LogP contribution is 2.40. The van der Waals surface area contributed by atoms with E-state index < -0.39 is 29.7 Å². The van der Waals surface area contributed by atoms with Gasteiger partial charge in [-0.05, 0) is 32.0 Å². The first kappa shape index (κ1) is 19.2. The lowest BCUT2D eigenvalue weighted by Crippen LogP contribution is -2.45. The molecule has 1 rings (SSSR count). The number of hydrogen-bond acceptors (Lipinski definition) is 5. The molecule has 0 unspecified atom stereocenters. The minimum absolute atomic E-state index is 0.0541. The smallest absolute Gasteiger partial charge is 0.214 e. The summed E-state index contributed by atoms with van der Waals surface area (Å²) in [4.78, 5) is 8.49. The first-order chi connectivity index (χ1) is 9.75. The third-order valence-electron chi connectivity index (χ3n) is 4.26. The van der Waals surface area contributed by atoms with Gasteiger partial charge in [0.15, 0.2) is 8.32 Å². The fourth-order valence-electron chi connectivity index (χ4n) is 1.61. The molecule has 2 atom stereocenters. The molecule has 0 amide bonds. The van der Waals surface area contributed by atoms with Crippen LogP contribution >= 0.6 is 0 Å². The fourth-order valence-corrected chi connectivity index (χ4v) is 3.56. The van der Waals surface area contributed by atoms with Crippen LogP contribution in [-0.4, -0.2) is 32.0 Å². The van der Waals surface area contributed by atoms with Crippen LogP contribution in [0.25, 0.3) is 0 Å². The van der Waals surface area contributed by atoms with E-state index in [1.807, 2.05) is 6.92 Å². The van der Waals surface area contributed by atoms with Gasteiger partial charge in [-0.25, -0.2) is 13.6 Å². The van der Waals surface area contributed by atoms with Crippen molar-refractivity contribution in [1.82, 2.24) is 9.97 Å². The van der Waals surface area contributed by atoms with E-state index in [2.05, 4.69) is 43.8 Å². The average Bonchev–Trinajstić information content (AvgIpc) is 2.34. The largest absolute Gasteiger partial charge is 0.407 e. The van der Waals surface area contributed by atoms with Gasteiger partial charge in [-0.15, -0.1) is 0 Å². The maximum Gasteiger partial charge on any atom is 0.214 e. The summed E-state index contributed by atoms with van der Waals surface area (Å²) in [5, 5.41) is 4.39. The number of rotatable bonds is 5. The van der Waals surface area contributed by atoms with E-state index in [-0.39, 0.29) is 5.04 Å². The second-order valence-electron chi connectivity index (χ2n) is 7.18. The van der Waals surface area contributed by atoms with E-state index in [9.17, 15) is 8.42 Å². The van der Waals surface area contributed by atoms with Crippen molar-refractivity contribution in [3.05, 3.63) is 23.8 Å². The Balaban J connectivity index is 3.27. The molecule has 0 radical (unpaired) electrons. The van der Waals surface area contributed by atoms with Crippen LogP contribution in [0.1, 0.15) is 45.2 Å². The number of nitrogens with zero attached hydrogens (tertiary/aromatic N) is 2. The summed E-state index contributed by atoms with van der Waals surface area (Å²) >= 11 is 0. The highest BCUT2D eigenvalue weighted by molar-refractivity contribution is 7.89. The summed E-state index contributed by atoms with van der Waals surface area (Å²) in [6.45, 7) is 13.8. The highest BCUT2D eigenvalue weighted by Gasteiger charge is 2.42. The Kier molecular flexibility index (Phi) is 5.54. The predicted octanol–water partition coefficient (Wildman–Crippen LogP) is 2.52. The van der Waals surface area contributed by atoms with Crippen molar-refractivity contribution in [2.24, 2.45) is 5.14 Å². The Labute approximate surface area is 134 Å². The Bertz CT molecular complexity index is 609. The van der Waals surface area contributed by atoms with E-state index in [0.29, 0.717) is 5.69 Å². The van der Waals surface area contributed by atoms with Gasteiger partial charge in [0.2, 0.25) is 10.0 Å². The topological polar surface area (TPSA) is 95.2 Å². The molecule has 6 nitrogen and oxygen atoms in total. The molecule has 0 fully saturated rings. The van der Waals surface area contributed by atoms with Crippen molar-refractivity contribution in [2.45, 2.75) is 64.1 Å². The summed E-state index contributed by atoms with van der Waals surface area (Å²) < 4.78 is 29.9. The standard InChI is InChI=1S/C14H27N3O3SSi/c1-10-8-17-12(9-16-10)13(11(2)21(15,18)19)20-22(6,7)14(3,4)5/h8-9,11,13H,1-7H3,(H2,15,18,19)/t11-,13-/m1/s1. The van der Waals surface area contributed by atoms with Gasteiger partial charge in [0.1, 0.15) is 11.4 Å². The van der Waals surface area contributed by atoms with Crippen molar-refractivity contribution in [3.63, 3.8) is 0 Å². The third kappa shape index (κ3) is 4.58. The Morgan fingerprint density at radius 1 is 1.23 bits per heavy atom. The summed E-state index contributed by atoms with van der Waals surface area (Å²) in [7, 11) is -5.94.